The maximum atomic E-state index is 12.6. The normalized spacial score (nSPS) is 19.8. The van der Waals surface area contributed by atoms with Gasteiger partial charge in [-0.25, -0.2) is 0 Å². The molecule has 2 aromatic carbocycles. The van der Waals surface area contributed by atoms with E-state index in [9.17, 15) is 8.42 Å². The fraction of sp³-hybridized carbons (Fsp3) is 0.520. The van der Waals surface area contributed by atoms with Crippen LogP contribution in [0.4, 0.5) is 0 Å². The molecule has 0 aromatic heterocycles. The smallest absolute Gasteiger partial charge is 0.281 e. The summed E-state index contributed by atoms with van der Waals surface area (Å²) in [5, 5.41) is 0. The first kappa shape index (κ1) is 22.5. The molecule has 0 radical (unpaired) electrons. The fourth-order valence-electron chi connectivity index (χ4n) is 5.17. The van der Waals surface area contributed by atoms with Crippen LogP contribution < -0.4 is 0 Å². The Bertz CT molecular complexity index is 1010. The number of hydrogen-bond acceptors (Lipinski definition) is 3. The number of rotatable bonds is 5. The first-order chi connectivity index (χ1) is 14.7. The zero-order valence-electron chi connectivity index (χ0n) is 19.2. The predicted octanol–water partition coefficient (Wildman–Crippen LogP) is 3.97. The Balaban J connectivity index is 1.55. The summed E-state index contributed by atoms with van der Waals surface area (Å²) in [7, 11) is -0.127. The third-order valence-electron chi connectivity index (χ3n) is 7.03. The highest BCUT2D eigenvalue weighted by molar-refractivity contribution is 7.86. The van der Waals surface area contributed by atoms with Crippen LogP contribution in [0.1, 0.15) is 54.9 Å². The topological polar surface area (TPSA) is 43.9 Å². The first-order valence-corrected chi connectivity index (χ1v) is 12.7. The third-order valence-corrected chi connectivity index (χ3v) is 8.97. The highest BCUT2D eigenvalue weighted by Crippen LogP contribution is 2.42. The SMILES string of the molecule is CC(C)c1ccc(CN2Cc3ccccc3C3(CCN(S(=O)(=O)N(C)C)CC3)C2)cc1. The largest absolute Gasteiger partial charge is 0.294 e. The summed E-state index contributed by atoms with van der Waals surface area (Å²) in [5.74, 6) is 0.544. The van der Waals surface area contributed by atoms with E-state index in [2.05, 4.69) is 67.3 Å². The fourth-order valence-corrected chi connectivity index (χ4v) is 6.27. The van der Waals surface area contributed by atoms with Crippen molar-refractivity contribution in [2.45, 2.75) is 51.1 Å². The van der Waals surface area contributed by atoms with Crippen molar-refractivity contribution < 1.29 is 8.42 Å². The summed E-state index contributed by atoms with van der Waals surface area (Å²) >= 11 is 0. The molecule has 0 bridgehead atoms. The van der Waals surface area contributed by atoms with Crippen LogP contribution in [0, 0.1) is 0 Å². The zero-order valence-corrected chi connectivity index (χ0v) is 20.0. The summed E-state index contributed by atoms with van der Waals surface area (Å²) < 4.78 is 28.2. The van der Waals surface area contributed by atoms with Gasteiger partial charge in [0.25, 0.3) is 10.2 Å². The molecule has 2 aromatic rings. The van der Waals surface area contributed by atoms with Crippen LogP contribution in [0.5, 0.6) is 0 Å². The first-order valence-electron chi connectivity index (χ1n) is 11.3. The molecule has 168 valence electrons. The molecule has 2 aliphatic heterocycles. The van der Waals surface area contributed by atoms with Gasteiger partial charge in [-0.1, -0.05) is 62.4 Å². The zero-order chi connectivity index (χ0) is 22.2. The number of fused-ring (bicyclic) bond motifs is 2. The van der Waals surface area contributed by atoms with Gasteiger partial charge in [0.05, 0.1) is 0 Å². The number of piperidine rings is 1. The summed E-state index contributed by atoms with van der Waals surface area (Å²) in [5.41, 5.74) is 5.54. The summed E-state index contributed by atoms with van der Waals surface area (Å²) in [4.78, 5) is 2.54. The molecule has 0 atom stereocenters. The van der Waals surface area contributed by atoms with E-state index in [1.807, 2.05) is 0 Å². The molecule has 0 N–H and O–H groups in total. The second-order valence-electron chi connectivity index (χ2n) is 9.67. The lowest BCUT2D eigenvalue weighted by Crippen LogP contribution is -2.54. The summed E-state index contributed by atoms with van der Waals surface area (Å²) in [6, 6.07) is 17.8. The average molecular weight is 442 g/mol. The van der Waals surface area contributed by atoms with Gasteiger partial charge in [-0.2, -0.15) is 17.0 Å². The molecule has 31 heavy (non-hydrogen) atoms. The standard InChI is InChI=1S/C25H35N3O2S/c1-20(2)22-11-9-21(10-12-22)17-27-18-23-7-5-6-8-24(23)25(19-27)13-15-28(16-14-25)31(29,30)26(3)4/h5-12,20H,13-19H2,1-4H3. The van der Waals surface area contributed by atoms with Gasteiger partial charge in [0.1, 0.15) is 0 Å². The highest BCUT2D eigenvalue weighted by atomic mass is 32.2. The van der Waals surface area contributed by atoms with Crippen LogP contribution in [0.15, 0.2) is 48.5 Å². The van der Waals surface area contributed by atoms with Gasteiger partial charge in [0.15, 0.2) is 0 Å². The van der Waals surface area contributed by atoms with Crippen LogP contribution in [-0.2, 0) is 28.7 Å². The van der Waals surface area contributed by atoms with Crippen LogP contribution in [0.2, 0.25) is 0 Å². The number of hydrogen-bond donors (Lipinski definition) is 0. The van der Waals surface area contributed by atoms with E-state index >= 15 is 0 Å². The van der Waals surface area contributed by atoms with Gasteiger partial charge < -0.3 is 0 Å². The second-order valence-corrected chi connectivity index (χ2v) is 11.8. The van der Waals surface area contributed by atoms with Crippen molar-refractivity contribution in [1.82, 2.24) is 13.5 Å². The van der Waals surface area contributed by atoms with Crippen LogP contribution in [-0.4, -0.2) is 55.7 Å². The van der Waals surface area contributed by atoms with Gasteiger partial charge in [-0.3, -0.25) is 4.90 Å². The molecule has 0 amide bonds. The molecule has 5 nitrogen and oxygen atoms in total. The molecule has 6 heteroatoms. The Kier molecular flexibility index (Phi) is 6.28. The van der Waals surface area contributed by atoms with Gasteiger partial charge in [0.2, 0.25) is 0 Å². The van der Waals surface area contributed by atoms with E-state index in [1.165, 1.54) is 26.6 Å². The minimum atomic E-state index is -3.35. The predicted molar refractivity (Wildman–Crippen MR) is 126 cm³/mol. The maximum Gasteiger partial charge on any atom is 0.281 e. The minimum Gasteiger partial charge on any atom is -0.294 e. The van der Waals surface area contributed by atoms with Gasteiger partial charge in [0, 0.05) is 52.2 Å². The van der Waals surface area contributed by atoms with Crippen molar-refractivity contribution in [2.24, 2.45) is 0 Å². The molecule has 0 unspecified atom stereocenters. The molecule has 0 saturated carbocycles. The monoisotopic (exact) mass is 441 g/mol. The van der Waals surface area contributed by atoms with Crippen molar-refractivity contribution in [3.63, 3.8) is 0 Å². The minimum absolute atomic E-state index is 0.0189. The van der Waals surface area contributed by atoms with Gasteiger partial charge in [-0.15, -0.1) is 0 Å². The van der Waals surface area contributed by atoms with E-state index in [1.54, 1.807) is 18.4 Å². The maximum absolute atomic E-state index is 12.6. The second kappa shape index (κ2) is 8.66. The third kappa shape index (κ3) is 4.44. The quantitative estimate of drug-likeness (QED) is 0.705. The van der Waals surface area contributed by atoms with Gasteiger partial charge >= 0.3 is 0 Å². The molecular weight excluding hydrogens is 406 g/mol. The van der Waals surface area contributed by atoms with Gasteiger partial charge in [-0.05, 0) is 41.0 Å². The number of nitrogens with zero attached hydrogens (tertiary/aromatic N) is 3. The van der Waals surface area contributed by atoms with E-state index in [0.29, 0.717) is 19.0 Å². The Labute approximate surface area is 187 Å². The molecule has 0 aliphatic carbocycles. The van der Waals surface area contributed by atoms with E-state index in [0.717, 1.165) is 32.5 Å². The molecule has 2 aliphatic rings. The molecule has 1 saturated heterocycles. The summed E-state index contributed by atoms with van der Waals surface area (Å²) in [6.07, 6.45) is 1.72. The lowest BCUT2D eigenvalue weighted by atomic mass is 9.69. The molecule has 4 rings (SSSR count). The van der Waals surface area contributed by atoms with E-state index in [4.69, 9.17) is 0 Å². The Morgan fingerprint density at radius 3 is 2.26 bits per heavy atom. The van der Waals surface area contributed by atoms with Crippen molar-refractivity contribution in [3.05, 3.63) is 70.8 Å². The summed E-state index contributed by atoms with van der Waals surface area (Å²) in [6.45, 7) is 8.45. The van der Waals surface area contributed by atoms with Crippen molar-refractivity contribution in [3.8, 4) is 0 Å². The Morgan fingerprint density at radius 2 is 1.65 bits per heavy atom. The van der Waals surface area contributed by atoms with Crippen molar-refractivity contribution in [2.75, 3.05) is 33.7 Å². The lowest BCUT2D eigenvalue weighted by molar-refractivity contribution is 0.120. The molecule has 2 heterocycles. The molecule has 1 spiro atoms. The van der Waals surface area contributed by atoms with Crippen LogP contribution in [0.3, 0.4) is 0 Å². The lowest BCUT2D eigenvalue weighted by Gasteiger charge is -2.48. The average Bonchev–Trinajstić information content (AvgIpc) is 2.74. The Morgan fingerprint density at radius 1 is 1.00 bits per heavy atom. The van der Waals surface area contributed by atoms with Crippen LogP contribution >= 0.6 is 0 Å². The molecular formula is C25H35N3O2S. The van der Waals surface area contributed by atoms with Crippen molar-refractivity contribution in [1.29, 1.82) is 0 Å². The van der Waals surface area contributed by atoms with Crippen LogP contribution in [0.25, 0.3) is 0 Å². The van der Waals surface area contributed by atoms with Crippen molar-refractivity contribution >= 4 is 10.2 Å². The molecule has 1 fully saturated rings. The Hall–Kier alpha value is -1.73. The van der Waals surface area contributed by atoms with E-state index < -0.39 is 10.2 Å². The number of benzene rings is 2. The highest BCUT2D eigenvalue weighted by Gasteiger charge is 2.44. The van der Waals surface area contributed by atoms with E-state index in [-0.39, 0.29) is 5.41 Å².